The molecular weight excluding hydrogens is 306 g/mol. The third-order valence-electron chi connectivity index (χ3n) is 3.14. The summed E-state index contributed by atoms with van der Waals surface area (Å²) in [5.74, 6) is -0.447. The minimum atomic E-state index is -2.62. The first-order valence-electron chi connectivity index (χ1n) is 6.48. The van der Waals surface area contributed by atoms with E-state index < -0.39 is 15.6 Å². The second-order valence-corrected chi connectivity index (χ2v) is 5.71. The van der Waals surface area contributed by atoms with Crippen LogP contribution in [0.25, 0.3) is 0 Å². The number of benzene rings is 2. The summed E-state index contributed by atoms with van der Waals surface area (Å²) in [4.78, 5) is 22.7. The Morgan fingerprint density at radius 2 is 1.77 bits per heavy atom. The van der Waals surface area contributed by atoms with E-state index in [2.05, 4.69) is 0 Å². The molecule has 7 heteroatoms. The summed E-state index contributed by atoms with van der Waals surface area (Å²) in [5, 5.41) is 10.8. The van der Waals surface area contributed by atoms with Crippen molar-refractivity contribution in [1.82, 2.24) is 0 Å². The van der Waals surface area contributed by atoms with Gasteiger partial charge in [0.05, 0.1) is 10.7 Å². The lowest BCUT2D eigenvalue weighted by Gasteiger charge is -2.07. The lowest BCUT2D eigenvalue weighted by molar-refractivity contribution is -0.384. The first-order valence-corrected chi connectivity index (χ1v) is 7.84. The molecule has 2 rings (SSSR count). The standard InChI is InChI=1S/C15H13NO5S/c17-15(11-4-2-1-3-5-11)14-7-6-13(16(18)19)10-12(14)8-9-22(20)21/h1-7,10,22H,8-9H2. The summed E-state index contributed by atoms with van der Waals surface area (Å²) in [7, 11) is -2.62. The minimum absolute atomic E-state index is 0.0638. The van der Waals surface area contributed by atoms with Crippen molar-refractivity contribution in [3.8, 4) is 0 Å². The number of hydrogen-bond acceptors (Lipinski definition) is 5. The van der Waals surface area contributed by atoms with Crippen LogP contribution in [-0.4, -0.2) is 24.9 Å². The Bertz CT molecular complexity index is 776. The maximum atomic E-state index is 12.5. The van der Waals surface area contributed by atoms with Gasteiger partial charge in [-0.25, -0.2) is 8.42 Å². The predicted octanol–water partition coefficient (Wildman–Crippen LogP) is 1.98. The molecule has 2 aromatic rings. The Morgan fingerprint density at radius 3 is 2.36 bits per heavy atom. The van der Waals surface area contributed by atoms with Crippen LogP contribution in [0.3, 0.4) is 0 Å². The molecule has 0 N–H and O–H groups in total. The Hall–Kier alpha value is -2.54. The van der Waals surface area contributed by atoms with Crippen LogP contribution in [0.2, 0.25) is 0 Å². The van der Waals surface area contributed by atoms with Gasteiger partial charge in [0.25, 0.3) is 5.69 Å². The quantitative estimate of drug-likeness (QED) is 0.380. The molecule has 0 amide bonds. The maximum absolute atomic E-state index is 12.5. The van der Waals surface area contributed by atoms with Crippen molar-refractivity contribution in [2.75, 3.05) is 5.75 Å². The number of ketones is 1. The van der Waals surface area contributed by atoms with E-state index >= 15 is 0 Å². The van der Waals surface area contributed by atoms with Gasteiger partial charge in [0, 0.05) is 23.3 Å². The fourth-order valence-electron chi connectivity index (χ4n) is 2.08. The Labute approximate surface area is 128 Å². The summed E-state index contributed by atoms with van der Waals surface area (Å²) < 4.78 is 21.5. The van der Waals surface area contributed by atoms with Gasteiger partial charge in [0.15, 0.2) is 5.78 Å². The summed E-state index contributed by atoms with van der Waals surface area (Å²) >= 11 is 0. The van der Waals surface area contributed by atoms with Crippen LogP contribution in [0.15, 0.2) is 48.5 Å². The molecule has 2 aromatic carbocycles. The molecule has 22 heavy (non-hydrogen) atoms. The van der Waals surface area contributed by atoms with E-state index in [1.54, 1.807) is 30.3 Å². The molecule has 0 aliphatic heterocycles. The number of nitro groups is 1. The van der Waals surface area contributed by atoms with Gasteiger partial charge in [0.1, 0.15) is 10.7 Å². The Kier molecular flexibility index (Phi) is 5.00. The summed E-state index contributed by atoms with van der Waals surface area (Å²) in [6.07, 6.45) is 0.0638. The molecule has 0 spiro atoms. The smallest absolute Gasteiger partial charge is 0.269 e. The average molecular weight is 319 g/mol. The first kappa shape index (κ1) is 15.8. The molecule has 0 saturated heterocycles. The molecule has 0 saturated carbocycles. The normalized spacial score (nSPS) is 10.6. The van der Waals surface area contributed by atoms with Crippen molar-refractivity contribution in [3.63, 3.8) is 0 Å². The number of rotatable bonds is 6. The van der Waals surface area contributed by atoms with Gasteiger partial charge < -0.3 is 0 Å². The van der Waals surface area contributed by atoms with Crippen molar-refractivity contribution in [1.29, 1.82) is 0 Å². The van der Waals surface area contributed by atoms with Crippen molar-refractivity contribution in [3.05, 3.63) is 75.3 Å². The van der Waals surface area contributed by atoms with Crippen molar-refractivity contribution in [2.24, 2.45) is 0 Å². The van der Waals surface area contributed by atoms with Crippen LogP contribution >= 0.6 is 0 Å². The highest BCUT2D eigenvalue weighted by Gasteiger charge is 2.17. The van der Waals surface area contributed by atoms with E-state index in [-0.39, 0.29) is 29.2 Å². The van der Waals surface area contributed by atoms with Crippen LogP contribution < -0.4 is 0 Å². The van der Waals surface area contributed by atoms with E-state index in [9.17, 15) is 23.3 Å². The zero-order valence-electron chi connectivity index (χ0n) is 11.5. The van der Waals surface area contributed by atoms with Crippen molar-refractivity contribution in [2.45, 2.75) is 6.42 Å². The van der Waals surface area contributed by atoms with Gasteiger partial charge in [-0.05, 0) is 18.1 Å². The maximum Gasteiger partial charge on any atom is 0.269 e. The fraction of sp³-hybridized carbons (Fsp3) is 0.133. The first-order chi connectivity index (χ1) is 10.5. The molecule has 0 heterocycles. The molecule has 0 atom stereocenters. The number of nitrogens with zero attached hydrogens (tertiary/aromatic N) is 1. The molecular formula is C15H13NO5S. The van der Waals surface area contributed by atoms with E-state index in [1.165, 1.54) is 18.2 Å². The number of non-ortho nitro benzene ring substituents is 1. The van der Waals surface area contributed by atoms with E-state index in [0.717, 1.165) is 0 Å². The van der Waals surface area contributed by atoms with E-state index in [1.807, 2.05) is 0 Å². The fourth-order valence-corrected chi connectivity index (χ4v) is 2.50. The van der Waals surface area contributed by atoms with Crippen LogP contribution in [0.5, 0.6) is 0 Å². The summed E-state index contributed by atoms with van der Waals surface area (Å²) in [6, 6.07) is 12.4. The molecule has 114 valence electrons. The zero-order valence-corrected chi connectivity index (χ0v) is 12.4. The average Bonchev–Trinajstić information content (AvgIpc) is 2.52. The van der Waals surface area contributed by atoms with Crippen LogP contribution in [0.4, 0.5) is 5.69 Å². The molecule has 0 aliphatic rings. The molecule has 0 radical (unpaired) electrons. The molecule has 0 unspecified atom stereocenters. The predicted molar refractivity (Wildman–Crippen MR) is 81.9 cm³/mol. The molecule has 0 bridgehead atoms. The molecule has 0 aliphatic carbocycles. The van der Waals surface area contributed by atoms with Gasteiger partial charge in [-0.15, -0.1) is 0 Å². The molecule has 6 nitrogen and oxygen atoms in total. The Balaban J connectivity index is 2.45. The summed E-state index contributed by atoms with van der Waals surface area (Å²) in [6.45, 7) is 0. The minimum Gasteiger partial charge on any atom is -0.289 e. The highest BCUT2D eigenvalue weighted by atomic mass is 32.2. The molecule has 0 aromatic heterocycles. The third-order valence-corrected chi connectivity index (χ3v) is 3.73. The topological polar surface area (TPSA) is 94.3 Å². The largest absolute Gasteiger partial charge is 0.289 e. The van der Waals surface area contributed by atoms with Crippen molar-refractivity contribution < 1.29 is 18.1 Å². The van der Waals surface area contributed by atoms with Gasteiger partial charge in [-0.3, -0.25) is 14.9 Å². The SMILES string of the molecule is O=C(c1ccccc1)c1ccc([N+](=O)[O-])cc1CC[SH](=O)=O. The van der Waals surface area contributed by atoms with Gasteiger partial charge >= 0.3 is 0 Å². The summed E-state index contributed by atoms with van der Waals surface area (Å²) in [5.41, 5.74) is 0.931. The van der Waals surface area contributed by atoms with Crippen LogP contribution in [0, 0.1) is 10.1 Å². The van der Waals surface area contributed by atoms with Gasteiger partial charge in [-0.2, -0.15) is 0 Å². The highest BCUT2D eigenvalue weighted by molar-refractivity contribution is 7.72. The number of nitro benzene ring substituents is 1. The van der Waals surface area contributed by atoms with Crippen LogP contribution in [0.1, 0.15) is 21.5 Å². The van der Waals surface area contributed by atoms with E-state index in [4.69, 9.17) is 0 Å². The van der Waals surface area contributed by atoms with Crippen molar-refractivity contribution >= 4 is 22.2 Å². The number of carbonyl (C=O) groups is 1. The van der Waals surface area contributed by atoms with Crippen LogP contribution in [-0.2, 0) is 17.1 Å². The lowest BCUT2D eigenvalue weighted by atomic mass is 9.96. The third kappa shape index (κ3) is 3.76. The number of hydrogen-bond donors (Lipinski definition) is 1. The Morgan fingerprint density at radius 1 is 1.09 bits per heavy atom. The zero-order chi connectivity index (χ0) is 16.1. The second kappa shape index (κ2) is 6.95. The van der Waals surface area contributed by atoms with Gasteiger partial charge in [-0.1, -0.05) is 30.3 Å². The van der Waals surface area contributed by atoms with E-state index in [0.29, 0.717) is 11.1 Å². The lowest BCUT2D eigenvalue weighted by Crippen LogP contribution is -2.08. The number of carbonyl (C=O) groups excluding carboxylic acids is 1. The number of aryl methyl sites for hydroxylation is 1. The van der Waals surface area contributed by atoms with Gasteiger partial charge in [0.2, 0.25) is 0 Å². The number of thiol groups is 1. The second-order valence-electron chi connectivity index (χ2n) is 4.60. The monoisotopic (exact) mass is 319 g/mol. The molecule has 0 fully saturated rings. The highest BCUT2D eigenvalue weighted by Crippen LogP contribution is 2.21.